The predicted octanol–water partition coefficient (Wildman–Crippen LogP) is 2.44. The molecular formula is C21H29FN4O2. The number of benzene rings is 1. The van der Waals surface area contributed by atoms with Crippen LogP contribution in [-0.2, 0) is 6.54 Å². The molecule has 0 aliphatic carbocycles. The quantitative estimate of drug-likeness (QED) is 0.855. The van der Waals surface area contributed by atoms with Crippen molar-refractivity contribution in [2.75, 3.05) is 38.1 Å². The van der Waals surface area contributed by atoms with Crippen LogP contribution in [0.5, 0.6) is 0 Å². The molecule has 6 nitrogen and oxygen atoms in total. The molecule has 0 radical (unpaired) electrons. The van der Waals surface area contributed by atoms with Crippen molar-refractivity contribution in [2.24, 2.45) is 0 Å². The molecule has 0 spiro atoms. The number of hydrogen-bond donors (Lipinski definition) is 1. The molecule has 3 rings (SSSR count). The van der Waals surface area contributed by atoms with Crippen molar-refractivity contribution in [3.63, 3.8) is 0 Å². The Morgan fingerprint density at radius 2 is 1.89 bits per heavy atom. The molecule has 0 bridgehead atoms. The first-order chi connectivity index (χ1) is 13.3. The second-order valence-electron chi connectivity index (χ2n) is 7.55. The standard InChI is InChI=1S/C21H29FN4O2/c1-5-14(3)23-21(28)16-13-25(6-2)18-12-19(17(22)11-15(18)20(16)27)26-9-7-24(4)8-10-26/h11-14H,5-10H2,1-4H3,(H,23,28)/t14-/m0/s1. The maximum Gasteiger partial charge on any atom is 0.256 e. The van der Waals surface area contributed by atoms with Crippen LogP contribution in [0.4, 0.5) is 10.1 Å². The maximum atomic E-state index is 14.9. The zero-order valence-electron chi connectivity index (χ0n) is 17.1. The largest absolute Gasteiger partial charge is 0.367 e. The minimum Gasteiger partial charge on any atom is -0.367 e. The number of carbonyl (C=O) groups is 1. The van der Waals surface area contributed by atoms with Gasteiger partial charge in [-0.2, -0.15) is 0 Å². The Labute approximate surface area is 164 Å². The van der Waals surface area contributed by atoms with Crippen LogP contribution in [0.15, 0.2) is 23.1 Å². The SMILES string of the molecule is CC[C@H](C)NC(=O)c1cn(CC)c2cc(N3CCN(C)CC3)c(F)cc2c1=O. The van der Waals surface area contributed by atoms with E-state index in [9.17, 15) is 14.0 Å². The van der Waals surface area contributed by atoms with Gasteiger partial charge in [0.15, 0.2) is 0 Å². The third kappa shape index (κ3) is 3.90. The number of fused-ring (bicyclic) bond motifs is 1. The fourth-order valence-electron chi connectivity index (χ4n) is 3.52. The minimum atomic E-state index is -0.427. The van der Waals surface area contributed by atoms with Gasteiger partial charge >= 0.3 is 0 Å². The molecule has 1 aliphatic heterocycles. The number of aryl methyl sites for hydroxylation is 1. The van der Waals surface area contributed by atoms with Crippen molar-refractivity contribution in [3.05, 3.63) is 39.9 Å². The van der Waals surface area contributed by atoms with Gasteiger partial charge in [0.1, 0.15) is 11.4 Å². The van der Waals surface area contributed by atoms with Gasteiger partial charge in [-0.25, -0.2) is 4.39 Å². The summed E-state index contributed by atoms with van der Waals surface area (Å²) in [6.07, 6.45) is 2.36. The molecule has 1 N–H and O–H groups in total. The first-order valence-electron chi connectivity index (χ1n) is 9.96. The zero-order valence-corrected chi connectivity index (χ0v) is 17.1. The lowest BCUT2D eigenvalue weighted by Gasteiger charge is -2.34. The minimum absolute atomic E-state index is 0.0333. The maximum absolute atomic E-state index is 14.9. The molecule has 1 aromatic heterocycles. The highest BCUT2D eigenvalue weighted by molar-refractivity contribution is 5.98. The number of pyridine rings is 1. The highest BCUT2D eigenvalue weighted by Crippen LogP contribution is 2.26. The van der Waals surface area contributed by atoms with Gasteiger partial charge < -0.3 is 19.7 Å². The topological polar surface area (TPSA) is 57.6 Å². The van der Waals surface area contributed by atoms with Gasteiger partial charge in [0.2, 0.25) is 5.43 Å². The highest BCUT2D eigenvalue weighted by Gasteiger charge is 2.21. The second-order valence-corrected chi connectivity index (χ2v) is 7.55. The summed E-state index contributed by atoms with van der Waals surface area (Å²) >= 11 is 0. The van der Waals surface area contributed by atoms with Crippen molar-refractivity contribution < 1.29 is 9.18 Å². The van der Waals surface area contributed by atoms with E-state index < -0.39 is 17.2 Å². The van der Waals surface area contributed by atoms with Crippen molar-refractivity contribution in [1.82, 2.24) is 14.8 Å². The Morgan fingerprint density at radius 1 is 1.21 bits per heavy atom. The summed E-state index contributed by atoms with van der Waals surface area (Å²) in [4.78, 5) is 29.7. The van der Waals surface area contributed by atoms with Crippen molar-refractivity contribution >= 4 is 22.5 Å². The van der Waals surface area contributed by atoms with Crippen LogP contribution >= 0.6 is 0 Å². The van der Waals surface area contributed by atoms with E-state index in [1.54, 1.807) is 12.3 Å². The highest BCUT2D eigenvalue weighted by atomic mass is 19.1. The average molecular weight is 388 g/mol. The summed E-state index contributed by atoms with van der Waals surface area (Å²) in [7, 11) is 2.05. The molecule has 0 saturated carbocycles. The van der Waals surface area contributed by atoms with Gasteiger partial charge in [0.05, 0.1) is 11.2 Å². The number of likely N-dealkylation sites (N-methyl/N-ethyl adjacent to an activating group) is 1. The van der Waals surface area contributed by atoms with Crippen LogP contribution in [0.3, 0.4) is 0 Å². The van der Waals surface area contributed by atoms with E-state index >= 15 is 0 Å². The normalized spacial score (nSPS) is 16.4. The first-order valence-corrected chi connectivity index (χ1v) is 9.96. The molecule has 28 heavy (non-hydrogen) atoms. The van der Waals surface area contributed by atoms with Gasteiger partial charge in [-0.1, -0.05) is 6.92 Å². The van der Waals surface area contributed by atoms with Gasteiger partial charge in [-0.05, 0) is 39.4 Å². The summed E-state index contributed by atoms with van der Waals surface area (Å²) in [5.41, 5.74) is 0.799. The van der Waals surface area contributed by atoms with Crippen LogP contribution in [0, 0.1) is 5.82 Å². The van der Waals surface area contributed by atoms with E-state index in [-0.39, 0.29) is 17.0 Å². The lowest BCUT2D eigenvalue weighted by Crippen LogP contribution is -2.44. The number of amides is 1. The fraction of sp³-hybridized carbons (Fsp3) is 0.524. The molecule has 1 atom stereocenters. The molecule has 2 heterocycles. The Bertz CT molecular complexity index is 932. The Morgan fingerprint density at radius 3 is 2.50 bits per heavy atom. The van der Waals surface area contributed by atoms with Gasteiger partial charge in [-0.15, -0.1) is 0 Å². The molecular weight excluding hydrogens is 359 g/mol. The number of anilines is 1. The number of hydrogen-bond acceptors (Lipinski definition) is 4. The molecule has 1 aliphatic rings. The smallest absolute Gasteiger partial charge is 0.256 e. The molecule has 7 heteroatoms. The number of rotatable bonds is 5. The zero-order chi connectivity index (χ0) is 20.4. The summed E-state index contributed by atoms with van der Waals surface area (Å²) in [5, 5.41) is 3.07. The van der Waals surface area contributed by atoms with E-state index in [0.29, 0.717) is 17.7 Å². The van der Waals surface area contributed by atoms with Gasteiger partial charge in [-0.3, -0.25) is 9.59 Å². The molecule has 0 unspecified atom stereocenters. The molecule has 1 aromatic carbocycles. The number of halogens is 1. The summed E-state index contributed by atoms with van der Waals surface area (Å²) in [6.45, 7) is 9.59. The lowest BCUT2D eigenvalue weighted by atomic mass is 10.1. The van der Waals surface area contributed by atoms with Crippen LogP contribution in [0.25, 0.3) is 10.9 Å². The molecule has 1 amide bonds. The monoisotopic (exact) mass is 388 g/mol. The molecule has 1 fully saturated rings. The number of piperazine rings is 1. The molecule has 2 aromatic rings. The molecule has 152 valence electrons. The van der Waals surface area contributed by atoms with E-state index in [0.717, 1.165) is 32.6 Å². The first kappa shape index (κ1) is 20.3. The van der Waals surface area contributed by atoms with Crippen LogP contribution < -0.4 is 15.6 Å². The fourth-order valence-corrected chi connectivity index (χ4v) is 3.52. The summed E-state index contributed by atoms with van der Waals surface area (Å²) in [6, 6.07) is 3.00. The predicted molar refractivity (Wildman–Crippen MR) is 111 cm³/mol. The van der Waals surface area contributed by atoms with Crippen LogP contribution in [0.2, 0.25) is 0 Å². The van der Waals surface area contributed by atoms with E-state index in [4.69, 9.17) is 0 Å². The van der Waals surface area contributed by atoms with Crippen LogP contribution in [-0.4, -0.2) is 54.6 Å². The third-order valence-corrected chi connectivity index (χ3v) is 5.57. The summed E-state index contributed by atoms with van der Waals surface area (Å²) in [5.74, 6) is -0.830. The molecule has 1 saturated heterocycles. The second kappa shape index (κ2) is 8.31. The van der Waals surface area contributed by atoms with E-state index in [1.807, 2.05) is 30.2 Å². The van der Waals surface area contributed by atoms with E-state index in [1.165, 1.54) is 6.07 Å². The lowest BCUT2D eigenvalue weighted by molar-refractivity contribution is 0.0937. The Balaban J connectivity index is 2.08. The summed E-state index contributed by atoms with van der Waals surface area (Å²) < 4.78 is 16.8. The van der Waals surface area contributed by atoms with E-state index in [2.05, 4.69) is 17.3 Å². The number of aromatic nitrogens is 1. The van der Waals surface area contributed by atoms with Crippen LogP contribution in [0.1, 0.15) is 37.6 Å². The number of nitrogens with zero attached hydrogens (tertiary/aromatic N) is 3. The average Bonchev–Trinajstić information content (AvgIpc) is 2.68. The van der Waals surface area contributed by atoms with Gasteiger partial charge in [0, 0.05) is 50.3 Å². The van der Waals surface area contributed by atoms with Crippen molar-refractivity contribution in [3.8, 4) is 0 Å². The number of nitrogens with one attached hydrogen (secondary N) is 1. The number of carbonyl (C=O) groups excluding carboxylic acids is 1. The Kier molecular flexibility index (Phi) is 6.03. The third-order valence-electron chi connectivity index (χ3n) is 5.57. The van der Waals surface area contributed by atoms with Gasteiger partial charge in [0.25, 0.3) is 5.91 Å². The van der Waals surface area contributed by atoms with Crippen molar-refractivity contribution in [2.45, 2.75) is 39.8 Å². The van der Waals surface area contributed by atoms with Crippen molar-refractivity contribution in [1.29, 1.82) is 0 Å². The Hall–Kier alpha value is -2.41.